The van der Waals surface area contributed by atoms with Crippen LogP contribution >= 0.6 is 0 Å². The molecule has 29 heavy (non-hydrogen) atoms. The number of hydrogen-bond donors (Lipinski definition) is 1. The molecule has 1 aliphatic heterocycles. The Hall–Kier alpha value is -3.67. The van der Waals surface area contributed by atoms with Crippen molar-refractivity contribution in [1.82, 2.24) is 10.1 Å². The molecule has 0 bridgehead atoms. The molecule has 2 aromatic carbocycles. The van der Waals surface area contributed by atoms with Crippen molar-refractivity contribution in [1.29, 1.82) is 0 Å². The summed E-state index contributed by atoms with van der Waals surface area (Å²) in [4.78, 5) is 19.7. The summed E-state index contributed by atoms with van der Waals surface area (Å²) in [6.45, 7) is 1.93. The molecule has 6 nitrogen and oxygen atoms in total. The quantitative estimate of drug-likeness (QED) is 0.550. The molecule has 0 unspecified atom stereocenters. The predicted octanol–water partition coefficient (Wildman–Crippen LogP) is 4.74. The Morgan fingerprint density at radius 1 is 1.00 bits per heavy atom. The number of anilines is 2. The summed E-state index contributed by atoms with van der Waals surface area (Å²) >= 11 is 0. The highest BCUT2D eigenvalue weighted by Gasteiger charge is 2.19. The SMILES string of the molecule is O=C(Nc1cccnc1N1CCCC1)c1ccc2noc(-c3ccccc3)c2c1. The summed E-state index contributed by atoms with van der Waals surface area (Å²) in [7, 11) is 0. The maximum atomic E-state index is 13.0. The van der Waals surface area contributed by atoms with Crippen LogP contribution in [0, 0.1) is 0 Å². The second-order valence-electron chi connectivity index (χ2n) is 7.13. The minimum atomic E-state index is -0.180. The van der Waals surface area contributed by atoms with Crippen molar-refractivity contribution in [2.24, 2.45) is 0 Å². The summed E-state index contributed by atoms with van der Waals surface area (Å²) in [5.74, 6) is 1.31. The number of benzene rings is 2. The molecule has 5 rings (SSSR count). The lowest BCUT2D eigenvalue weighted by Crippen LogP contribution is -2.22. The molecule has 0 atom stereocenters. The number of aromatic nitrogens is 2. The van der Waals surface area contributed by atoms with E-state index in [4.69, 9.17) is 4.52 Å². The summed E-state index contributed by atoms with van der Waals surface area (Å²) in [5, 5.41) is 7.96. The van der Waals surface area contributed by atoms with Gasteiger partial charge in [-0.2, -0.15) is 0 Å². The van der Waals surface area contributed by atoms with Crippen LogP contribution < -0.4 is 10.2 Å². The van der Waals surface area contributed by atoms with E-state index >= 15 is 0 Å². The van der Waals surface area contributed by atoms with Gasteiger partial charge in [-0.05, 0) is 43.2 Å². The van der Waals surface area contributed by atoms with Crippen molar-refractivity contribution >= 4 is 28.3 Å². The molecule has 1 saturated heterocycles. The van der Waals surface area contributed by atoms with Crippen molar-refractivity contribution in [2.45, 2.75) is 12.8 Å². The highest BCUT2D eigenvalue weighted by Crippen LogP contribution is 2.30. The molecule has 144 valence electrons. The Labute approximate surface area is 168 Å². The van der Waals surface area contributed by atoms with Gasteiger partial charge in [0.1, 0.15) is 5.52 Å². The zero-order chi connectivity index (χ0) is 19.6. The molecule has 2 aromatic heterocycles. The zero-order valence-corrected chi connectivity index (χ0v) is 15.8. The van der Waals surface area contributed by atoms with Crippen LogP contribution in [0.3, 0.4) is 0 Å². The van der Waals surface area contributed by atoms with E-state index in [1.807, 2.05) is 54.6 Å². The first-order valence-electron chi connectivity index (χ1n) is 9.76. The molecule has 6 heteroatoms. The summed E-state index contributed by atoms with van der Waals surface area (Å²) in [6, 6.07) is 18.9. The third kappa shape index (κ3) is 3.33. The lowest BCUT2D eigenvalue weighted by atomic mass is 10.1. The van der Waals surface area contributed by atoms with Crippen LogP contribution in [-0.2, 0) is 0 Å². The first kappa shape index (κ1) is 17.4. The molecule has 4 aromatic rings. The van der Waals surface area contributed by atoms with Gasteiger partial charge >= 0.3 is 0 Å². The van der Waals surface area contributed by atoms with Gasteiger partial charge in [-0.1, -0.05) is 35.5 Å². The van der Waals surface area contributed by atoms with Crippen LogP contribution in [-0.4, -0.2) is 29.1 Å². The minimum Gasteiger partial charge on any atom is -0.355 e. The molecule has 0 aliphatic carbocycles. The first-order chi connectivity index (χ1) is 14.3. The number of pyridine rings is 1. The van der Waals surface area contributed by atoms with Gasteiger partial charge in [0.2, 0.25) is 0 Å². The number of rotatable bonds is 4. The van der Waals surface area contributed by atoms with Gasteiger partial charge in [0.05, 0.1) is 11.1 Å². The van der Waals surface area contributed by atoms with Crippen molar-refractivity contribution < 1.29 is 9.32 Å². The van der Waals surface area contributed by atoms with E-state index in [9.17, 15) is 4.79 Å². The molecule has 0 spiro atoms. The standard InChI is InChI=1S/C23H20N4O2/c28-23(25-20-9-6-12-24-22(20)27-13-4-5-14-27)17-10-11-19-18(15-17)21(29-26-19)16-7-2-1-3-8-16/h1-3,6-12,15H,4-5,13-14H2,(H,25,28). The van der Waals surface area contributed by atoms with Crippen molar-refractivity contribution in [3.05, 3.63) is 72.4 Å². The molecule has 1 amide bonds. The van der Waals surface area contributed by atoms with Crippen LogP contribution in [0.15, 0.2) is 71.4 Å². The van der Waals surface area contributed by atoms with Crippen molar-refractivity contribution in [3.8, 4) is 11.3 Å². The zero-order valence-electron chi connectivity index (χ0n) is 15.8. The van der Waals surface area contributed by atoms with E-state index in [1.165, 1.54) is 0 Å². The Bertz CT molecular complexity index is 1160. The van der Waals surface area contributed by atoms with Crippen LogP contribution in [0.4, 0.5) is 11.5 Å². The molecule has 1 aliphatic rings. The fraction of sp³-hybridized carbons (Fsp3) is 0.174. The number of carbonyl (C=O) groups is 1. The Morgan fingerprint density at radius 3 is 2.66 bits per heavy atom. The highest BCUT2D eigenvalue weighted by atomic mass is 16.5. The molecule has 0 radical (unpaired) electrons. The van der Waals surface area contributed by atoms with Crippen LogP contribution in [0.5, 0.6) is 0 Å². The van der Waals surface area contributed by atoms with Gasteiger partial charge in [-0.25, -0.2) is 4.98 Å². The fourth-order valence-corrected chi connectivity index (χ4v) is 3.75. The van der Waals surface area contributed by atoms with E-state index in [1.54, 1.807) is 12.3 Å². The van der Waals surface area contributed by atoms with E-state index in [0.717, 1.165) is 53.9 Å². The number of fused-ring (bicyclic) bond motifs is 1. The summed E-state index contributed by atoms with van der Waals surface area (Å²) in [5.41, 5.74) is 2.93. The maximum Gasteiger partial charge on any atom is 0.255 e. The van der Waals surface area contributed by atoms with Gasteiger partial charge in [0.15, 0.2) is 11.6 Å². The smallest absolute Gasteiger partial charge is 0.255 e. The number of hydrogen-bond acceptors (Lipinski definition) is 5. The van der Waals surface area contributed by atoms with Gasteiger partial charge in [0.25, 0.3) is 5.91 Å². The molecule has 0 saturated carbocycles. The molecular formula is C23H20N4O2. The lowest BCUT2D eigenvalue weighted by molar-refractivity contribution is 0.102. The topological polar surface area (TPSA) is 71.3 Å². The van der Waals surface area contributed by atoms with Crippen LogP contribution in [0.25, 0.3) is 22.2 Å². The average molecular weight is 384 g/mol. The summed E-state index contributed by atoms with van der Waals surface area (Å²) < 4.78 is 5.54. The average Bonchev–Trinajstić information content (AvgIpc) is 3.44. The summed E-state index contributed by atoms with van der Waals surface area (Å²) in [6.07, 6.45) is 4.06. The maximum absolute atomic E-state index is 13.0. The molecular weight excluding hydrogens is 364 g/mol. The van der Waals surface area contributed by atoms with Crippen molar-refractivity contribution in [2.75, 3.05) is 23.3 Å². The monoisotopic (exact) mass is 384 g/mol. The van der Waals surface area contributed by atoms with E-state index < -0.39 is 0 Å². The number of carbonyl (C=O) groups excluding carboxylic acids is 1. The fourth-order valence-electron chi connectivity index (χ4n) is 3.75. The Morgan fingerprint density at radius 2 is 1.83 bits per heavy atom. The van der Waals surface area contributed by atoms with Gasteiger partial charge < -0.3 is 14.7 Å². The second kappa shape index (κ2) is 7.39. The highest BCUT2D eigenvalue weighted by molar-refractivity contribution is 6.08. The third-order valence-corrected chi connectivity index (χ3v) is 5.22. The molecule has 1 N–H and O–H groups in total. The van der Waals surface area contributed by atoms with Crippen molar-refractivity contribution in [3.63, 3.8) is 0 Å². The normalized spacial score (nSPS) is 13.7. The number of amides is 1. The third-order valence-electron chi connectivity index (χ3n) is 5.22. The number of nitrogens with zero attached hydrogens (tertiary/aromatic N) is 3. The van der Waals surface area contributed by atoms with E-state index in [-0.39, 0.29) is 5.91 Å². The van der Waals surface area contributed by atoms with E-state index in [2.05, 4.69) is 20.4 Å². The first-order valence-corrected chi connectivity index (χ1v) is 9.76. The minimum absolute atomic E-state index is 0.180. The Kier molecular flexibility index (Phi) is 4.44. The lowest BCUT2D eigenvalue weighted by Gasteiger charge is -2.20. The second-order valence-corrected chi connectivity index (χ2v) is 7.13. The molecule has 1 fully saturated rings. The number of nitrogens with one attached hydrogen (secondary N) is 1. The predicted molar refractivity (Wildman–Crippen MR) is 113 cm³/mol. The Balaban J connectivity index is 1.46. The van der Waals surface area contributed by atoms with Crippen LogP contribution in [0.1, 0.15) is 23.2 Å². The molecule has 3 heterocycles. The van der Waals surface area contributed by atoms with Gasteiger partial charge in [-0.15, -0.1) is 0 Å². The van der Waals surface area contributed by atoms with Gasteiger partial charge in [-0.3, -0.25) is 4.79 Å². The van der Waals surface area contributed by atoms with Gasteiger partial charge in [0, 0.05) is 30.4 Å². The van der Waals surface area contributed by atoms with E-state index in [0.29, 0.717) is 11.3 Å². The largest absolute Gasteiger partial charge is 0.355 e. The van der Waals surface area contributed by atoms with Crippen LogP contribution in [0.2, 0.25) is 0 Å².